The average Bonchev–Trinajstić information content (AvgIpc) is 2.32. The summed E-state index contributed by atoms with van der Waals surface area (Å²) < 4.78 is 1.00. The van der Waals surface area contributed by atoms with Gasteiger partial charge >= 0.3 is 0 Å². The van der Waals surface area contributed by atoms with Crippen LogP contribution < -0.4 is 5.73 Å². The summed E-state index contributed by atoms with van der Waals surface area (Å²) in [4.78, 5) is 14.2. The van der Waals surface area contributed by atoms with Gasteiger partial charge in [0.1, 0.15) is 0 Å². The lowest BCUT2D eigenvalue weighted by molar-refractivity contribution is 0.0671. The zero-order chi connectivity index (χ0) is 12.4. The zero-order valence-corrected chi connectivity index (χ0v) is 12.1. The van der Waals surface area contributed by atoms with Crippen molar-refractivity contribution in [2.75, 3.05) is 13.1 Å². The fourth-order valence-corrected chi connectivity index (χ4v) is 2.71. The Kier molecular flexibility index (Phi) is 4.04. The number of likely N-dealkylation sites (tertiary alicyclic amines) is 1. The van der Waals surface area contributed by atoms with E-state index in [9.17, 15) is 4.79 Å². The highest BCUT2D eigenvalue weighted by molar-refractivity contribution is 14.1. The molecule has 1 fully saturated rings. The van der Waals surface area contributed by atoms with E-state index in [0.717, 1.165) is 22.1 Å². The minimum Gasteiger partial charge on any atom is -0.337 e. The summed E-state index contributed by atoms with van der Waals surface area (Å²) in [6.07, 6.45) is 0.996. The third-order valence-electron chi connectivity index (χ3n) is 3.41. The molecule has 2 N–H and O–H groups in total. The largest absolute Gasteiger partial charge is 0.337 e. The van der Waals surface area contributed by atoms with E-state index in [2.05, 4.69) is 29.5 Å². The molecule has 1 saturated heterocycles. The Morgan fingerprint density at radius 3 is 2.82 bits per heavy atom. The third kappa shape index (κ3) is 2.80. The van der Waals surface area contributed by atoms with Gasteiger partial charge in [0.2, 0.25) is 0 Å². The van der Waals surface area contributed by atoms with Crippen LogP contribution in [0.3, 0.4) is 0 Å². The molecule has 1 aliphatic rings. The quantitative estimate of drug-likeness (QED) is 0.793. The number of nitrogens with two attached hydrogens (primary N) is 1. The first-order valence-electron chi connectivity index (χ1n) is 5.89. The normalized spacial score (nSPS) is 24.8. The van der Waals surface area contributed by atoms with E-state index in [-0.39, 0.29) is 11.9 Å². The van der Waals surface area contributed by atoms with Crippen LogP contribution in [0.2, 0.25) is 0 Å². The van der Waals surface area contributed by atoms with Crippen LogP contribution in [0.15, 0.2) is 24.3 Å². The number of hydrogen-bond donors (Lipinski definition) is 1. The van der Waals surface area contributed by atoms with Gasteiger partial charge in [0.25, 0.3) is 5.91 Å². The van der Waals surface area contributed by atoms with Gasteiger partial charge in [-0.25, -0.2) is 0 Å². The third-order valence-corrected chi connectivity index (χ3v) is 4.35. The molecule has 2 atom stereocenters. The lowest BCUT2D eigenvalue weighted by atomic mass is 9.94. The molecule has 1 aromatic carbocycles. The van der Waals surface area contributed by atoms with Gasteiger partial charge in [-0.05, 0) is 47.1 Å². The topological polar surface area (TPSA) is 46.3 Å². The molecule has 0 radical (unpaired) electrons. The molecule has 92 valence electrons. The van der Waals surface area contributed by atoms with Crippen LogP contribution in [0.25, 0.3) is 0 Å². The Morgan fingerprint density at radius 2 is 2.18 bits per heavy atom. The van der Waals surface area contributed by atoms with Crippen LogP contribution in [0.1, 0.15) is 23.7 Å². The SMILES string of the molecule is CC1CCN(C(=O)c2ccccc2I)CC1N. The Balaban J connectivity index is 2.14. The summed E-state index contributed by atoms with van der Waals surface area (Å²) in [7, 11) is 0. The first-order valence-corrected chi connectivity index (χ1v) is 6.97. The molecule has 0 aromatic heterocycles. The van der Waals surface area contributed by atoms with Gasteiger partial charge in [-0.3, -0.25) is 4.79 Å². The molecule has 3 nitrogen and oxygen atoms in total. The van der Waals surface area contributed by atoms with Crippen molar-refractivity contribution in [1.29, 1.82) is 0 Å². The van der Waals surface area contributed by atoms with Crippen molar-refractivity contribution >= 4 is 28.5 Å². The van der Waals surface area contributed by atoms with Crippen molar-refractivity contribution in [2.45, 2.75) is 19.4 Å². The zero-order valence-electron chi connectivity index (χ0n) is 9.90. The number of hydrogen-bond acceptors (Lipinski definition) is 2. The number of amides is 1. The van der Waals surface area contributed by atoms with E-state index in [1.54, 1.807) is 0 Å². The number of piperidine rings is 1. The Labute approximate surface area is 116 Å². The van der Waals surface area contributed by atoms with E-state index in [0.29, 0.717) is 12.5 Å². The molecular weight excluding hydrogens is 327 g/mol. The molecule has 1 heterocycles. The van der Waals surface area contributed by atoms with Gasteiger partial charge < -0.3 is 10.6 Å². The minimum atomic E-state index is 0.106. The van der Waals surface area contributed by atoms with Gasteiger partial charge in [-0.1, -0.05) is 19.1 Å². The van der Waals surface area contributed by atoms with Crippen LogP contribution in [-0.4, -0.2) is 29.9 Å². The van der Waals surface area contributed by atoms with Gasteiger partial charge in [0.15, 0.2) is 0 Å². The van der Waals surface area contributed by atoms with Gasteiger partial charge in [0, 0.05) is 22.7 Å². The van der Waals surface area contributed by atoms with Crippen LogP contribution in [0, 0.1) is 9.49 Å². The average molecular weight is 344 g/mol. The molecule has 17 heavy (non-hydrogen) atoms. The predicted octanol–water partition coefficient (Wildman–Crippen LogP) is 2.10. The number of carbonyl (C=O) groups is 1. The van der Waals surface area contributed by atoms with Crippen molar-refractivity contribution in [3.8, 4) is 0 Å². The van der Waals surface area contributed by atoms with Crippen LogP contribution in [0.5, 0.6) is 0 Å². The Bertz CT molecular complexity index is 422. The maximum absolute atomic E-state index is 12.3. The molecule has 1 amide bonds. The molecule has 4 heteroatoms. The van der Waals surface area contributed by atoms with Crippen molar-refractivity contribution in [3.05, 3.63) is 33.4 Å². The maximum atomic E-state index is 12.3. The van der Waals surface area contributed by atoms with Crippen molar-refractivity contribution in [1.82, 2.24) is 4.90 Å². The van der Waals surface area contributed by atoms with E-state index in [1.807, 2.05) is 29.2 Å². The highest BCUT2D eigenvalue weighted by Crippen LogP contribution is 2.20. The highest BCUT2D eigenvalue weighted by Gasteiger charge is 2.27. The number of carbonyl (C=O) groups excluding carboxylic acids is 1. The van der Waals surface area contributed by atoms with Crippen molar-refractivity contribution < 1.29 is 4.79 Å². The number of halogens is 1. The monoisotopic (exact) mass is 344 g/mol. The lowest BCUT2D eigenvalue weighted by Gasteiger charge is -2.35. The van der Waals surface area contributed by atoms with Crippen molar-refractivity contribution in [2.24, 2.45) is 11.7 Å². The molecule has 0 spiro atoms. The van der Waals surface area contributed by atoms with Crippen LogP contribution in [0.4, 0.5) is 0 Å². The summed E-state index contributed by atoms with van der Waals surface area (Å²) in [5.74, 6) is 0.617. The van der Waals surface area contributed by atoms with Gasteiger partial charge in [-0.15, -0.1) is 0 Å². The highest BCUT2D eigenvalue weighted by atomic mass is 127. The van der Waals surface area contributed by atoms with Crippen LogP contribution in [-0.2, 0) is 0 Å². The minimum absolute atomic E-state index is 0.106. The predicted molar refractivity (Wildman–Crippen MR) is 76.8 cm³/mol. The fraction of sp³-hybridized carbons (Fsp3) is 0.462. The molecule has 1 aromatic rings. The summed E-state index contributed by atoms with van der Waals surface area (Å²) in [5, 5.41) is 0. The molecule has 0 aliphatic carbocycles. The second-order valence-corrected chi connectivity index (χ2v) is 5.82. The lowest BCUT2D eigenvalue weighted by Crippen LogP contribution is -2.49. The van der Waals surface area contributed by atoms with Gasteiger partial charge in [-0.2, -0.15) is 0 Å². The number of nitrogens with zero attached hydrogens (tertiary/aromatic N) is 1. The summed E-state index contributed by atoms with van der Waals surface area (Å²) in [6, 6.07) is 7.80. The van der Waals surface area contributed by atoms with Crippen molar-refractivity contribution in [3.63, 3.8) is 0 Å². The Morgan fingerprint density at radius 1 is 1.47 bits per heavy atom. The molecule has 2 unspecified atom stereocenters. The second kappa shape index (κ2) is 5.35. The number of benzene rings is 1. The standard InChI is InChI=1S/C13H17IN2O/c1-9-6-7-16(8-12(9)15)13(17)10-4-2-3-5-11(10)14/h2-5,9,12H,6-8,15H2,1H3. The Hall–Kier alpha value is -0.620. The summed E-state index contributed by atoms with van der Waals surface area (Å²) in [6.45, 7) is 3.64. The first kappa shape index (κ1) is 12.8. The van der Waals surface area contributed by atoms with E-state index in [4.69, 9.17) is 5.73 Å². The molecule has 0 saturated carbocycles. The smallest absolute Gasteiger partial charge is 0.254 e. The van der Waals surface area contributed by atoms with E-state index in [1.165, 1.54) is 0 Å². The molecule has 1 aliphatic heterocycles. The van der Waals surface area contributed by atoms with E-state index >= 15 is 0 Å². The maximum Gasteiger partial charge on any atom is 0.254 e. The van der Waals surface area contributed by atoms with E-state index < -0.39 is 0 Å². The van der Waals surface area contributed by atoms with Crippen LogP contribution >= 0.6 is 22.6 Å². The summed E-state index contributed by atoms with van der Waals surface area (Å²) >= 11 is 2.20. The molecular formula is C13H17IN2O. The second-order valence-electron chi connectivity index (χ2n) is 4.66. The molecule has 0 bridgehead atoms. The first-order chi connectivity index (χ1) is 8.09. The molecule has 2 rings (SSSR count). The fourth-order valence-electron chi connectivity index (χ4n) is 2.09. The van der Waals surface area contributed by atoms with Gasteiger partial charge in [0.05, 0.1) is 5.56 Å². The summed E-state index contributed by atoms with van der Waals surface area (Å²) in [5.41, 5.74) is 6.81. The number of rotatable bonds is 1.